The summed E-state index contributed by atoms with van der Waals surface area (Å²) < 4.78 is 58.7. The maximum Gasteiger partial charge on any atom is 0.416 e. The van der Waals surface area contributed by atoms with Crippen molar-refractivity contribution in [3.05, 3.63) is 83.7 Å². The molecule has 3 rings (SSSR count). The number of nitrogens with one attached hydrogen (secondary N) is 2. The predicted molar refractivity (Wildman–Crippen MR) is 140 cm³/mol. The fourth-order valence-corrected chi connectivity index (χ4v) is 3.84. The molecule has 0 heterocycles. The van der Waals surface area contributed by atoms with Crippen molar-refractivity contribution < 1.29 is 37.0 Å². The number of aliphatic carboxylic acids is 1. The third-order valence-electron chi connectivity index (χ3n) is 5.96. The van der Waals surface area contributed by atoms with Gasteiger partial charge in [0.15, 0.2) is 0 Å². The van der Waals surface area contributed by atoms with Crippen LogP contribution >= 0.6 is 0 Å². The number of carbonyl (C=O) groups excluding carboxylic acids is 1. The minimum atomic E-state index is -4.61. The Kier molecular flexibility index (Phi) is 10.3. The van der Waals surface area contributed by atoms with Gasteiger partial charge in [0.25, 0.3) is 5.91 Å². The van der Waals surface area contributed by atoms with Crippen LogP contribution in [-0.2, 0) is 11.0 Å². The number of carboxylic acid groups (broad SMARTS) is 1. The Hall–Kier alpha value is -4.08. The Morgan fingerprint density at radius 1 is 1.00 bits per heavy atom. The molecule has 0 aromatic heterocycles. The van der Waals surface area contributed by atoms with Gasteiger partial charge in [-0.3, -0.25) is 9.59 Å². The van der Waals surface area contributed by atoms with Gasteiger partial charge in [-0.2, -0.15) is 13.2 Å². The number of ether oxygens (including phenoxy) is 1. The van der Waals surface area contributed by atoms with Crippen LogP contribution in [0, 0.1) is 5.82 Å². The monoisotopic (exact) mass is 546 g/mol. The van der Waals surface area contributed by atoms with Crippen molar-refractivity contribution in [3.63, 3.8) is 0 Å². The molecule has 3 aromatic carbocycles. The summed E-state index contributed by atoms with van der Waals surface area (Å²) in [5.74, 6) is -1.76. The summed E-state index contributed by atoms with van der Waals surface area (Å²) in [4.78, 5) is 22.7. The number of rotatable bonds is 13. The summed E-state index contributed by atoms with van der Waals surface area (Å²) in [5, 5.41) is 14.6. The number of benzene rings is 3. The van der Waals surface area contributed by atoms with Crippen LogP contribution in [0.25, 0.3) is 11.1 Å². The van der Waals surface area contributed by atoms with Gasteiger partial charge in [-0.05, 0) is 60.5 Å². The smallest absolute Gasteiger partial charge is 0.416 e. The molecule has 0 aliphatic carbocycles. The molecule has 208 valence electrons. The first-order valence-electron chi connectivity index (χ1n) is 12.5. The zero-order valence-electron chi connectivity index (χ0n) is 21.4. The molecule has 6 nitrogen and oxygen atoms in total. The van der Waals surface area contributed by atoms with Crippen molar-refractivity contribution in [2.24, 2.45) is 0 Å². The summed E-state index contributed by atoms with van der Waals surface area (Å²) in [7, 11) is 0. The van der Waals surface area contributed by atoms with Crippen molar-refractivity contribution in [2.45, 2.75) is 44.8 Å². The number of unbranched alkanes of at least 4 members (excludes halogenated alkanes) is 1. The van der Waals surface area contributed by atoms with E-state index in [2.05, 4.69) is 17.6 Å². The molecule has 3 aromatic rings. The highest BCUT2D eigenvalue weighted by atomic mass is 19.4. The fourth-order valence-electron chi connectivity index (χ4n) is 3.84. The molecule has 39 heavy (non-hydrogen) atoms. The van der Waals surface area contributed by atoms with Crippen molar-refractivity contribution in [3.8, 4) is 16.9 Å². The average molecular weight is 547 g/mol. The van der Waals surface area contributed by atoms with E-state index < -0.39 is 23.5 Å². The zero-order chi connectivity index (χ0) is 28.4. The number of carboxylic acids is 1. The largest absolute Gasteiger partial charge is 0.491 e. The second-order valence-electron chi connectivity index (χ2n) is 8.99. The molecule has 0 saturated carbocycles. The summed E-state index contributed by atoms with van der Waals surface area (Å²) >= 11 is 0. The Morgan fingerprint density at radius 2 is 1.69 bits per heavy atom. The number of alkyl halides is 3. The molecular formula is C29H30F4N2O4. The van der Waals surface area contributed by atoms with Gasteiger partial charge >= 0.3 is 12.1 Å². The lowest BCUT2D eigenvalue weighted by Crippen LogP contribution is -2.27. The number of hydrogen-bond acceptors (Lipinski definition) is 4. The summed E-state index contributed by atoms with van der Waals surface area (Å²) in [5.41, 5.74) is 0.659. The number of halogens is 4. The van der Waals surface area contributed by atoms with E-state index in [1.807, 2.05) is 0 Å². The molecule has 10 heteroatoms. The Morgan fingerprint density at radius 3 is 2.28 bits per heavy atom. The van der Waals surface area contributed by atoms with Crippen LogP contribution in [0.15, 0.2) is 66.7 Å². The molecule has 3 N–H and O–H groups in total. The maximum absolute atomic E-state index is 14.3. The fraction of sp³-hybridized carbons (Fsp3) is 0.310. The number of carbonyl (C=O) groups is 2. The van der Waals surface area contributed by atoms with E-state index in [1.54, 1.807) is 48.5 Å². The predicted octanol–water partition coefficient (Wildman–Crippen LogP) is 6.77. The lowest BCUT2D eigenvalue weighted by Gasteiger charge is -2.21. The van der Waals surface area contributed by atoms with Crippen molar-refractivity contribution in [1.82, 2.24) is 5.32 Å². The minimum Gasteiger partial charge on any atom is -0.491 e. The number of amides is 1. The second-order valence-corrected chi connectivity index (χ2v) is 8.99. The molecule has 0 saturated heterocycles. The second kappa shape index (κ2) is 13.6. The molecule has 1 atom stereocenters. The highest BCUT2D eigenvalue weighted by Crippen LogP contribution is 2.33. The van der Waals surface area contributed by atoms with Crippen molar-refractivity contribution >= 4 is 17.6 Å². The summed E-state index contributed by atoms with van der Waals surface area (Å²) in [6.45, 7) is 2.45. The van der Waals surface area contributed by atoms with E-state index in [9.17, 15) is 27.2 Å². The molecule has 0 aliphatic heterocycles. The lowest BCUT2D eigenvalue weighted by atomic mass is 10.0. The summed E-state index contributed by atoms with van der Waals surface area (Å²) in [6, 6.07) is 15.7. The van der Waals surface area contributed by atoms with Gasteiger partial charge in [-0.25, -0.2) is 4.39 Å². The van der Waals surface area contributed by atoms with Gasteiger partial charge in [-0.15, -0.1) is 0 Å². The maximum atomic E-state index is 14.3. The van der Waals surface area contributed by atoms with Gasteiger partial charge in [0.1, 0.15) is 18.2 Å². The Balaban J connectivity index is 1.59. The SMILES string of the molecule is CCCCC(COc1ccc(-c2ccc(C(F)(F)F)cc2F)cc1)Nc1ccc(C(=O)NCCC(=O)O)cc1. The van der Waals surface area contributed by atoms with Gasteiger partial charge in [0, 0.05) is 23.4 Å². The van der Waals surface area contributed by atoms with Crippen LogP contribution in [0.2, 0.25) is 0 Å². The van der Waals surface area contributed by atoms with Crippen molar-refractivity contribution in [2.75, 3.05) is 18.5 Å². The van der Waals surface area contributed by atoms with Gasteiger partial charge < -0.3 is 20.5 Å². The molecule has 0 fully saturated rings. The van der Waals surface area contributed by atoms with Gasteiger partial charge in [0.2, 0.25) is 0 Å². The molecule has 0 bridgehead atoms. The van der Waals surface area contributed by atoms with Crippen LogP contribution < -0.4 is 15.4 Å². The number of anilines is 1. The Bertz CT molecular complexity index is 1250. The third kappa shape index (κ3) is 9.01. The van der Waals surface area contributed by atoms with Crippen LogP contribution in [0.3, 0.4) is 0 Å². The normalized spacial score (nSPS) is 12.0. The first kappa shape index (κ1) is 29.5. The molecule has 1 unspecified atom stereocenters. The Labute approximate surface area is 224 Å². The van der Waals surface area contributed by atoms with Gasteiger partial charge in [-0.1, -0.05) is 38.0 Å². The van der Waals surface area contributed by atoms with Crippen molar-refractivity contribution in [1.29, 1.82) is 0 Å². The average Bonchev–Trinajstić information content (AvgIpc) is 2.90. The lowest BCUT2D eigenvalue weighted by molar-refractivity contribution is -0.138. The van der Waals surface area contributed by atoms with E-state index in [0.29, 0.717) is 29.5 Å². The van der Waals surface area contributed by atoms with E-state index in [1.165, 1.54) is 0 Å². The number of hydrogen-bond donors (Lipinski definition) is 3. The van der Waals surface area contributed by atoms with Gasteiger partial charge in [0.05, 0.1) is 18.0 Å². The molecule has 0 aliphatic rings. The highest BCUT2D eigenvalue weighted by Gasteiger charge is 2.31. The quantitative estimate of drug-likeness (QED) is 0.206. The standard InChI is InChI=1S/C29H30F4N2O4/c1-2-3-4-23(35-22-10-5-20(6-11-22)28(38)34-16-15-27(36)37)18-39-24-12-7-19(8-13-24)25-14-9-21(17-26(25)30)29(31,32)33/h5-14,17,23,35H,2-4,15-16,18H2,1H3,(H,34,38)(H,36,37). The summed E-state index contributed by atoms with van der Waals surface area (Å²) in [6.07, 6.45) is -2.00. The van der Waals surface area contributed by atoms with Crippen LogP contribution in [0.4, 0.5) is 23.2 Å². The minimum absolute atomic E-state index is 0.0465. The van der Waals surface area contributed by atoms with Crippen LogP contribution in [0.1, 0.15) is 48.5 Å². The third-order valence-corrected chi connectivity index (χ3v) is 5.96. The molecule has 1 amide bonds. The van der Waals surface area contributed by atoms with E-state index in [4.69, 9.17) is 9.84 Å². The molecule has 0 radical (unpaired) electrons. The first-order chi connectivity index (χ1) is 18.6. The highest BCUT2D eigenvalue weighted by molar-refractivity contribution is 5.94. The molecular weight excluding hydrogens is 516 g/mol. The van der Waals surface area contributed by atoms with Crippen LogP contribution in [-0.4, -0.2) is 36.2 Å². The van der Waals surface area contributed by atoms with E-state index >= 15 is 0 Å². The topological polar surface area (TPSA) is 87.7 Å². The zero-order valence-corrected chi connectivity index (χ0v) is 21.4. The van der Waals surface area contributed by atoms with Crippen LogP contribution in [0.5, 0.6) is 5.75 Å². The van der Waals surface area contributed by atoms with E-state index in [-0.39, 0.29) is 30.5 Å². The first-order valence-corrected chi connectivity index (χ1v) is 12.5. The van der Waals surface area contributed by atoms with E-state index in [0.717, 1.165) is 37.1 Å². The molecule has 0 spiro atoms.